The first-order valence-corrected chi connectivity index (χ1v) is 12.4. The van der Waals surface area contributed by atoms with Crippen LogP contribution in [0.15, 0.2) is 29.5 Å². The van der Waals surface area contributed by atoms with E-state index in [2.05, 4.69) is 57.5 Å². The molecular formula is C25H30N6OS. The van der Waals surface area contributed by atoms with Crippen LogP contribution in [0.25, 0.3) is 10.2 Å². The highest BCUT2D eigenvalue weighted by atomic mass is 32.1. The van der Waals surface area contributed by atoms with Gasteiger partial charge in [-0.05, 0) is 75.1 Å². The molecule has 0 spiro atoms. The van der Waals surface area contributed by atoms with Crippen molar-refractivity contribution in [1.29, 1.82) is 0 Å². The van der Waals surface area contributed by atoms with E-state index in [4.69, 9.17) is 0 Å². The Balaban J connectivity index is 1.34. The summed E-state index contributed by atoms with van der Waals surface area (Å²) in [7, 11) is 6.07. The Bertz CT molecular complexity index is 1220. The lowest BCUT2D eigenvalue weighted by Gasteiger charge is -2.27. The molecule has 2 aliphatic rings. The molecule has 5 rings (SSSR count). The average molecular weight is 463 g/mol. The Hall–Kier alpha value is -2.84. The van der Waals surface area contributed by atoms with Gasteiger partial charge in [-0.25, -0.2) is 9.97 Å². The van der Waals surface area contributed by atoms with Crippen molar-refractivity contribution < 1.29 is 4.79 Å². The molecule has 0 saturated heterocycles. The van der Waals surface area contributed by atoms with Crippen LogP contribution in [0.1, 0.15) is 34.4 Å². The molecule has 1 unspecified atom stereocenters. The van der Waals surface area contributed by atoms with Crippen LogP contribution < -0.4 is 5.32 Å². The summed E-state index contributed by atoms with van der Waals surface area (Å²) in [4.78, 5) is 32.9. The number of aliphatic imine (C=N–C) groups is 1. The predicted octanol–water partition coefficient (Wildman–Crippen LogP) is 3.88. The number of anilines is 2. The Morgan fingerprint density at radius 3 is 2.94 bits per heavy atom. The second-order valence-electron chi connectivity index (χ2n) is 9.27. The van der Waals surface area contributed by atoms with E-state index < -0.39 is 0 Å². The van der Waals surface area contributed by atoms with E-state index in [1.165, 1.54) is 16.0 Å². The number of carbonyl (C=O) groups is 1. The Kier molecular flexibility index (Phi) is 6.12. The highest BCUT2D eigenvalue weighted by molar-refractivity contribution is 7.19. The molecule has 0 fully saturated rings. The number of carbonyl (C=O) groups excluding carboxylic acids is 1. The molecule has 3 heterocycles. The van der Waals surface area contributed by atoms with E-state index in [1.807, 2.05) is 18.2 Å². The largest absolute Gasteiger partial charge is 0.345 e. The van der Waals surface area contributed by atoms with Crippen LogP contribution in [0.3, 0.4) is 0 Å². The van der Waals surface area contributed by atoms with Gasteiger partial charge in [0, 0.05) is 36.3 Å². The number of hydrogen-bond acceptors (Lipinski definition) is 7. The van der Waals surface area contributed by atoms with Gasteiger partial charge in [0.2, 0.25) is 5.91 Å². The van der Waals surface area contributed by atoms with Gasteiger partial charge in [-0.1, -0.05) is 6.07 Å². The Labute approximate surface area is 198 Å². The summed E-state index contributed by atoms with van der Waals surface area (Å²) in [5.41, 5.74) is 4.72. The van der Waals surface area contributed by atoms with Gasteiger partial charge in [0.25, 0.3) is 0 Å². The zero-order valence-electron chi connectivity index (χ0n) is 19.5. The molecule has 1 N–H and O–H groups in total. The minimum atomic E-state index is 0.0512. The standard InChI is InChI=1S/C25H30N6OS/c1-30(2)9-4-10-31(3)25(32)16-6-8-20-21(12-16)33-24-22(20)23(27-15-28-24)29-19-7-5-17-13-26-14-18(17)11-19/h5,7,11,14-16H,4,6,8-10,12-13H2,1-3H3,(H,27,28,29). The number of aryl methyl sites for hydroxylation is 1. The Morgan fingerprint density at radius 1 is 1.21 bits per heavy atom. The number of benzene rings is 1. The van der Waals surface area contributed by atoms with Crippen molar-refractivity contribution >= 4 is 45.2 Å². The van der Waals surface area contributed by atoms with Crippen molar-refractivity contribution in [3.63, 3.8) is 0 Å². The third-order valence-electron chi connectivity index (χ3n) is 6.57. The van der Waals surface area contributed by atoms with Gasteiger partial charge in [-0.15, -0.1) is 11.3 Å². The molecule has 2 aromatic heterocycles. The fraction of sp³-hybridized carbons (Fsp3) is 0.440. The maximum absolute atomic E-state index is 13.1. The van der Waals surface area contributed by atoms with E-state index in [0.29, 0.717) is 0 Å². The normalized spacial score (nSPS) is 16.8. The summed E-state index contributed by atoms with van der Waals surface area (Å²) < 4.78 is 0. The number of nitrogens with one attached hydrogen (secondary N) is 1. The van der Waals surface area contributed by atoms with E-state index in [-0.39, 0.29) is 11.8 Å². The van der Waals surface area contributed by atoms with Crippen LogP contribution in [-0.4, -0.2) is 66.1 Å². The van der Waals surface area contributed by atoms with E-state index in [1.54, 1.807) is 17.7 Å². The molecule has 7 nitrogen and oxygen atoms in total. The van der Waals surface area contributed by atoms with Gasteiger partial charge < -0.3 is 15.1 Å². The van der Waals surface area contributed by atoms with Crippen LogP contribution in [0, 0.1) is 5.92 Å². The van der Waals surface area contributed by atoms with Gasteiger partial charge >= 0.3 is 0 Å². The minimum Gasteiger partial charge on any atom is -0.345 e. The van der Waals surface area contributed by atoms with Crippen LogP contribution in [-0.2, 0) is 24.2 Å². The second kappa shape index (κ2) is 9.19. The number of aromatic nitrogens is 2. The van der Waals surface area contributed by atoms with Crippen LogP contribution in [0.5, 0.6) is 0 Å². The van der Waals surface area contributed by atoms with Gasteiger partial charge in [-0.3, -0.25) is 9.79 Å². The zero-order valence-corrected chi connectivity index (χ0v) is 20.3. The molecule has 0 radical (unpaired) electrons. The summed E-state index contributed by atoms with van der Waals surface area (Å²) in [5, 5.41) is 4.62. The fourth-order valence-electron chi connectivity index (χ4n) is 4.78. The molecule has 33 heavy (non-hydrogen) atoms. The lowest BCUT2D eigenvalue weighted by atomic mass is 9.87. The van der Waals surface area contributed by atoms with Crippen LogP contribution in [0.2, 0.25) is 0 Å². The summed E-state index contributed by atoms with van der Waals surface area (Å²) >= 11 is 1.71. The fourth-order valence-corrected chi connectivity index (χ4v) is 6.04. The second-order valence-corrected chi connectivity index (χ2v) is 10.4. The summed E-state index contributed by atoms with van der Waals surface area (Å²) in [6, 6.07) is 6.33. The maximum Gasteiger partial charge on any atom is 0.225 e. The van der Waals surface area contributed by atoms with Gasteiger partial charge in [0.05, 0.1) is 11.9 Å². The monoisotopic (exact) mass is 462 g/mol. The molecule has 8 heteroatoms. The van der Waals surface area contributed by atoms with Gasteiger partial charge in [-0.2, -0.15) is 0 Å². The van der Waals surface area contributed by atoms with Gasteiger partial charge in [0.15, 0.2) is 0 Å². The molecule has 1 atom stereocenters. The Morgan fingerprint density at radius 2 is 2.09 bits per heavy atom. The molecular weight excluding hydrogens is 432 g/mol. The zero-order chi connectivity index (χ0) is 22.9. The predicted molar refractivity (Wildman–Crippen MR) is 135 cm³/mol. The number of hydrogen-bond donors (Lipinski definition) is 1. The molecule has 0 saturated carbocycles. The lowest BCUT2D eigenvalue weighted by molar-refractivity contribution is -0.134. The first-order valence-electron chi connectivity index (χ1n) is 11.5. The lowest BCUT2D eigenvalue weighted by Crippen LogP contribution is -2.36. The summed E-state index contributed by atoms with van der Waals surface area (Å²) in [6.07, 6.45) is 7.10. The third kappa shape index (κ3) is 4.50. The van der Waals surface area contributed by atoms with E-state index in [9.17, 15) is 4.79 Å². The third-order valence-corrected chi connectivity index (χ3v) is 7.73. The van der Waals surface area contributed by atoms with Crippen LogP contribution >= 0.6 is 11.3 Å². The molecule has 1 aromatic carbocycles. The molecule has 1 amide bonds. The van der Waals surface area contributed by atoms with Crippen molar-refractivity contribution in [1.82, 2.24) is 19.8 Å². The summed E-state index contributed by atoms with van der Waals surface area (Å²) in [5.74, 6) is 1.16. The van der Waals surface area contributed by atoms with Crippen molar-refractivity contribution in [2.24, 2.45) is 10.9 Å². The summed E-state index contributed by atoms with van der Waals surface area (Å²) in [6.45, 7) is 2.56. The van der Waals surface area contributed by atoms with Crippen LogP contribution in [0.4, 0.5) is 11.5 Å². The first-order chi connectivity index (χ1) is 16.0. The number of nitrogens with zero attached hydrogens (tertiary/aromatic N) is 5. The highest BCUT2D eigenvalue weighted by Gasteiger charge is 2.30. The molecule has 1 aliphatic carbocycles. The quantitative estimate of drug-likeness (QED) is 0.577. The van der Waals surface area contributed by atoms with Gasteiger partial charge in [0.1, 0.15) is 17.0 Å². The van der Waals surface area contributed by atoms with Crippen molar-refractivity contribution in [3.8, 4) is 0 Å². The first kappa shape index (κ1) is 22.0. The van der Waals surface area contributed by atoms with E-state index >= 15 is 0 Å². The average Bonchev–Trinajstić information content (AvgIpc) is 3.42. The van der Waals surface area contributed by atoms with Crippen molar-refractivity contribution in [2.75, 3.05) is 39.5 Å². The van der Waals surface area contributed by atoms with E-state index in [0.717, 1.165) is 72.6 Å². The smallest absolute Gasteiger partial charge is 0.225 e. The number of rotatable bonds is 7. The highest BCUT2D eigenvalue weighted by Crippen LogP contribution is 2.40. The number of amides is 1. The molecule has 0 bridgehead atoms. The molecule has 172 valence electrons. The molecule has 1 aliphatic heterocycles. The maximum atomic E-state index is 13.1. The van der Waals surface area contributed by atoms with Crippen molar-refractivity contribution in [2.45, 2.75) is 32.2 Å². The SMILES string of the molecule is CN(C)CCCN(C)C(=O)C1CCc2c(sc3ncnc(Nc4ccc5c(c4)C=NC5)c23)C1. The number of fused-ring (bicyclic) bond motifs is 4. The minimum absolute atomic E-state index is 0.0512. The molecule has 3 aromatic rings. The topological polar surface area (TPSA) is 73.7 Å². The number of thiophene rings is 1. The van der Waals surface area contributed by atoms with Crippen molar-refractivity contribution in [3.05, 3.63) is 46.1 Å².